The first-order valence-electron chi connectivity index (χ1n) is 10.2. The first kappa shape index (κ1) is 17.5. The predicted molar refractivity (Wildman–Crippen MR) is 111 cm³/mol. The summed E-state index contributed by atoms with van der Waals surface area (Å²) in [5, 5.41) is 7.99. The summed E-state index contributed by atoms with van der Waals surface area (Å²) in [7, 11) is 0. The van der Waals surface area contributed by atoms with Crippen molar-refractivity contribution < 1.29 is 4.74 Å². The zero-order valence-corrected chi connectivity index (χ0v) is 16.6. The Balaban J connectivity index is 1.57. The molecule has 1 N–H and O–H groups in total. The van der Waals surface area contributed by atoms with Gasteiger partial charge in [-0.3, -0.25) is 4.90 Å². The van der Waals surface area contributed by atoms with Gasteiger partial charge in [0.15, 0.2) is 5.65 Å². The molecule has 2 aromatic heterocycles. The molecule has 2 atom stereocenters. The van der Waals surface area contributed by atoms with E-state index in [1.54, 1.807) is 0 Å². The van der Waals surface area contributed by atoms with Crippen molar-refractivity contribution in [3.8, 4) is 16.9 Å². The van der Waals surface area contributed by atoms with E-state index in [-0.39, 0.29) is 0 Å². The molecular weight excluding hydrogens is 350 g/mol. The maximum Gasteiger partial charge on any atom is 0.165 e. The van der Waals surface area contributed by atoms with Crippen LogP contribution in [0, 0.1) is 12.8 Å². The third kappa shape index (κ3) is 3.22. The molecule has 4 bridgehead atoms. The second-order valence-electron chi connectivity index (χ2n) is 8.17. The highest BCUT2D eigenvalue weighted by molar-refractivity contribution is 5.80. The molecule has 4 heterocycles. The number of anilines is 1. The Hall–Kier alpha value is -2.60. The fourth-order valence-corrected chi connectivity index (χ4v) is 4.43. The lowest BCUT2D eigenvalue weighted by Gasteiger charge is -2.38. The average molecular weight is 377 g/mol. The SMILES string of the molecule is Cc1ccc2cc1-c1cnn3ccc(nc13)NCCN1CCC(C)C[C@@H]1CO2. The Morgan fingerprint density at radius 2 is 2.11 bits per heavy atom. The van der Waals surface area contributed by atoms with E-state index in [9.17, 15) is 0 Å². The van der Waals surface area contributed by atoms with E-state index < -0.39 is 0 Å². The van der Waals surface area contributed by atoms with Crippen molar-refractivity contribution in [3.63, 3.8) is 0 Å². The number of nitrogens with one attached hydrogen (secondary N) is 1. The van der Waals surface area contributed by atoms with Crippen LogP contribution in [-0.4, -0.2) is 51.8 Å². The van der Waals surface area contributed by atoms with Crippen LogP contribution >= 0.6 is 0 Å². The Labute approximate surface area is 165 Å². The molecule has 28 heavy (non-hydrogen) atoms. The van der Waals surface area contributed by atoms with Gasteiger partial charge in [-0.05, 0) is 61.6 Å². The maximum atomic E-state index is 6.28. The summed E-state index contributed by atoms with van der Waals surface area (Å²) >= 11 is 0. The lowest BCUT2D eigenvalue weighted by atomic mass is 9.93. The quantitative estimate of drug-likeness (QED) is 0.649. The number of hydrogen-bond donors (Lipinski definition) is 1. The molecule has 0 saturated carbocycles. The Morgan fingerprint density at radius 1 is 1.18 bits per heavy atom. The van der Waals surface area contributed by atoms with Crippen molar-refractivity contribution in [2.75, 3.05) is 31.6 Å². The van der Waals surface area contributed by atoms with E-state index in [1.165, 1.54) is 18.4 Å². The van der Waals surface area contributed by atoms with Crippen LogP contribution < -0.4 is 10.1 Å². The summed E-state index contributed by atoms with van der Waals surface area (Å²) in [6, 6.07) is 8.80. The minimum absolute atomic E-state index is 0.459. The van der Waals surface area contributed by atoms with Crippen LogP contribution in [0.15, 0.2) is 36.7 Å². The summed E-state index contributed by atoms with van der Waals surface area (Å²) in [5.41, 5.74) is 4.23. The van der Waals surface area contributed by atoms with E-state index in [2.05, 4.69) is 47.4 Å². The molecule has 0 spiro atoms. The lowest BCUT2D eigenvalue weighted by Crippen LogP contribution is -2.47. The molecule has 1 aromatic carbocycles. The molecule has 3 aromatic rings. The summed E-state index contributed by atoms with van der Waals surface area (Å²) in [5.74, 6) is 2.58. The highest BCUT2D eigenvalue weighted by Crippen LogP contribution is 2.31. The first-order valence-corrected chi connectivity index (χ1v) is 10.2. The molecule has 146 valence electrons. The van der Waals surface area contributed by atoms with Crippen LogP contribution in [0.1, 0.15) is 25.3 Å². The lowest BCUT2D eigenvalue weighted by molar-refractivity contribution is 0.0811. The van der Waals surface area contributed by atoms with Crippen molar-refractivity contribution in [2.24, 2.45) is 5.92 Å². The third-order valence-electron chi connectivity index (χ3n) is 6.12. The number of piperidine rings is 1. The van der Waals surface area contributed by atoms with Crippen molar-refractivity contribution >= 4 is 11.5 Å². The molecule has 0 aliphatic carbocycles. The number of nitrogens with zero attached hydrogens (tertiary/aromatic N) is 4. The Kier molecular flexibility index (Phi) is 4.43. The fourth-order valence-electron chi connectivity index (χ4n) is 4.43. The zero-order valence-electron chi connectivity index (χ0n) is 16.6. The summed E-state index contributed by atoms with van der Waals surface area (Å²) in [4.78, 5) is 7.41. The molecule has 2 aliphatic rings. The molecule has 6 heteroatoms. The third-order valence-corrected chi connectivity index (χ3v) is 6.12. The van der Waals surface area contributed by atoms with Gasteiger partial charge in [0, 0.05) is 30.9 Å². The second-order valence-corrected chi connectivity index (χ2v) is 8.17. The Morgan fingerprint density at radius 3 is 3.04 bits per heavy atom. The van der Waals surface area contributed by atoms with Crippen molar-refractivity contribution in [1.29, 1.82) is 0 Å². The molecule has 6 nitrogen and oxygen atoms in total. The van der Waals surface area contributed by atoms with Gasteiger partial charge in [-0.1, -0.05) is 13.0 Å². The van der Waals surface area contributed by atoms with Gasteiger partial charge >= 0.3 is 0 Å². The number of aryl methyl sites for hydroxylation is 1. The molecule has 1 fully saturated rings. The summed E-state index contributed by atoms with van der Waals surface area (Å²) in [6.45, 7) is 8.22. The molecule has 1 unspecified atom stereocenters. The first-order chi connectivity index (χ1) is 13.7. The number of fused-ring (bicyclic) bond motifs is 5. The van der Waals surface area contributed by atoms with Gasteiger partial charge in [-0.25, -0.2) is 9.50 Å². The number of ether oxygens (including phenoxy) is 1. The van der Waals surface area contributed by atoms with Gasteiger partial charge in [0.25, 0.3) is 0 Å². The second kappa shape index (κ2) is 7.09. The topological polar surface area (TPSA) is 54.7 Å². The normalized spacial score (nSPS) is 22.9. The van der Waals surface area contributed by atoms with Crippen LogP contribution in [-0.2, 0) is 0 Å². The highest BCUT2D eigenvalue weighted by Gasteiger charge is 2.27. The molecule has 2 aliphatic heterocycles. The van der Waals surface area contributed by atoms with Crippen molar-refractivity contribution in [2.45, 2.75) is 32.7 Å². The fraction of sp³-hybridized carbons (Fsp3) is 0.455. The Bertz CT molecular complexity index is 998. The van der Waals surface area contributed by atoms with Gasteiger partial charge in [0.2, 0.25) is 0 Å². The minimum atomic E-state index is 0.459. The zero-order chi connectivity index (χ0) is 19.1. The predicted octanol–water partition coefficient (Wildman–Crippen LogP) is 3.61. The average Bonchev–Trinajstić information content (AvgIpc) is 3.11. The number of benzene rings is 1. The molecule has 1 saturated heterocycles. The van der Waals surface area contributed by atoms with E-state index in [0.717, 1.165) is 60.5 Å². The van der Waals surface area contributed by atoms with Crippen LogP contribution in [0.2, 0.25) is 0 Å². The van der Waals surface area contributed by atoms with Crippen LogP contribution in [0.4, 0.5) is 5.82 Å². The van der Waals surface area contributed by atoms with Gasteiger partial charge < -0.3 is 10.1 Å². The molecular formula is C22H27N5O. The van der Waals surface area contributed by atoms with Gasteiger partial charge in [0.05, 0.1) is 6.20 Å². The van der Waals surface area contributed by atoms with Crippen LogP contribution in [0.25, 0.3) is 16.8 Å². The monoisotopic (exact) mass is 377 g/mol. The number of aromatic nitrogens is 3. The van der Waals surface area contributed by atoms with E-state index in [4.69, 9.17) is 9.72 Å². The van der Waals surface area contributed by atoms with E-state index in [0.29, 0.717) is 6.04 Å². The summed E-state index contributed by atoms with van der Waals surface area (Å²) < 4.78 is 8.12. The van der Waals surface area contributed by atoms with E-state index in [1.807, 2.05) is 23.0 Å². The number of hydrogen-bond acceptors (Lipinski definition) is 5. The van der Waals surface area contributed by atoms with Gasteiger partial charge in [-0.15, -0.1) is 0 Å². The largest absolute Gasteiger partial charge is 0.492 e. The molecule has 0 radical (unpaired) electrons. The summed E-state index contributed by atoms with van der Waals surface area (Å²) in [6.07, 6.45) is 6.32. The van der Waals surface area contributed by atoms with Gasteiger partial charge in [-0.2, -0.15) is 5.10 Å². The van der Waals surface area contributed by atoms with Gasteiger partial charge in [0.1, 0.15) is 18.2 Å². The number of rotatable bonds is 0. The van der Waals surface area contributed by atoms with Crippen molar-refractivity contribution in [3.05, 3.63) is 42.2 Å². The molecule has 5 rings (SSSR count). The standard InChI is InChI=1S/C22H27N5O/c1-15-5-8-26-10-7-23-21-6-9-27-22(25-21)20(13-24-27)19-12-18(4-3-16(19)2)28-14-17(26)11-15/h3-4,6,9,12-13,15,17H,5,7-8,10-11,14H2,1-2H3,(H,23,25)/t15?,17-/m1/s1. The van der Waals surface area contributed by atoms with Crippen LogP contribution in [0.3, 0.4) is 0 Å². The molecule has 0 amide bonds. The smallest absolute Gasteiger partial charge is 0.165 e. The van der Waals surface area contributed by atoms with Crippen LogP contribution in [0.5, 0.6) is 5.75 Å². The van der Waals surface area contributed by atoms with Crippen molar-refractivity contribution in [1.82, 2.24) is 19.5 Å². The highest BCUT2D eigenvalue weighted by atomic mass is 16.5. The minimum Gasteiger partial charge on any atom is -0.492 e. The maximum absolute atomic E-state index is 6.28. The van der Waals surface area contributed by atoms with E-state index >= 15 is 0 Å².